The highest BCUT2D eigenvalue weighted by Gasteiger charge is 2.10. The molecule has 1 atom stereocenters. The molecule has 0 aromatic rings. The summed E-state index contributed by atoms with van der Waals surface area (Å²) in [6, 6.07) is 0. The second-order valence-corrected chi connectivity index (χ2v) is 3.43. The summed E-state index contributed by atoms with van der Waals surface area (Å²) >= 11 is 11.7. The molecular formula is C9H11Cl2NO. The molecule has 0 N–H and O–H groups in total. The van der Waals surface area contributed by atoms with E-state index in [4.69, 9.17) is 27.9 Å². The molecule has 0 saturated carbocycles. The molecule has 0 radical (unpaired) electrons. The molecule has 2 nitrogen and oxygen atoms in total. The molecule has 1 aliphatic rings. The number of alkyl halides is 2. The van der Waals surface area contributed by atoms with E-state index in [1.165, 1.54) is 0 Å². The molecule has 0 aromatic heterocycles. The number of hydrogen-bond donors (Lipinski definition) is 0. The molecule has 0 bridgehead atoms. The van der Waals surface area contributed by atoms with Crippen LogP contribution in [0.25, 0.3) is 0 Å². The van der Waals surface area contributed by atoms with E-state index in [1.807, 2.05) is 12.2 Å². The number of halogens is 2. The van der Waals surface area contributed by atoms with Crippen molar-refractivity contribution in [2.45, 2.75) is 11.8 Å². The Morgan fingerprint density at radius 1 is 1.69 bits per heavy atom. The Morgan fingerprint density at radius 2 is 2.46 bits per heavy atom. The average Bonchev–Trinajstić information content (AvgIpc) is 2.11. The lowest BCUT2D eigenvalue weighted by atomic mass is 10.2. The highest BCUT2D eigenvalue weighted by Crippen LogP contribution is 2.14. The molecule has 72 valence electrons. The van der Waals surface area contributed by atoms with Crippen LogP contribution in [0.3, 0.4) is 0 Å². The third-order valence-electron chi connectivity index (χ3n) is 1.65. The number of nitrogens with zero attached hydrogens (tertiary/aromatic N) is 1. The van der Waals surface area contributed by atoms with Crippen molar-refractivity contribution in [3.63, 3.8) is 0 Å². The van der Waals surface area contributed by atoms with Crippen molar-refractivity contribution in [1.29, 1.82) is 0 Å². The molecule has 0 aromatic carbocycles. The summed E-state index contributed by atoms with van der Waals surface area (Å²) in [5.74, 6) is 0.903. The van der Waals surface area contributed by atoms with Crippen molar-refractivity contribution < 1.29 is 4.74 Å². The molecule has 1 unspecified atom stereocenters. The fourth-order valence-corrected chi connectivity index (χ4v) is 1.50. The Kier molecular flexibility index (Phi) is 4.33. The minimum absolute atomic E-state index is 0.0364. The van der Waals surface area contributed by atoms with Crippen molar-refractivity contribution in [1.82, 2.24) is 0 Å². The highest BCUT2D eigenvalue weighted by molar-refractivity contribution is 6.24. The van der Waals surface area contributed by atoms with Crippen molar-refractivity contribution in [2.75, 3.05) is 13.0 Å². The molecule has 0 saturated heterocycles. The van der Waals surface area contributed by atoms with E-state index in [2.05, 4.69) is 4.99 Å². The van der Waals surface area contributed by atoms with Gasteiger partial charge in [-0.15, -0.1) is 23.2 Å². The number of aliphatic imine (C=N–C) groups is 1. The second kappa shape index (κ2) is 5.30. The van der Waals surface area contributed by atoms with E-state index >= 15 is 0 Å². The highest BCUT2D eigenvalue weighted by atomic mass is 35.5. The van der Waals surface area contributed by atoms with Gasteiger partial charge in [-0.1, -0.05) is 12.2 Å². The van der Waals surface area contributed by atoms with Gasteiger partial charge in [0.1, 0.15) is 0 Å². The van der Waals surface area contributed by atoms with Gasteiger partial charge in [0, 0.05) is 11.8 Å². The number of allylic oxidation sites excluding steroid dienone is 2. The first kappa shape index (κ1) is 10.6. The second-order valence-electron chi connectivity index (χ2n) is 2.60. The minimum Gasteiger partial charge on any atom is -0.481 e. The zero-order valence-corrected chi connectivity index (χ0v) is 8.85. The maximum atomic E-state index is 5.99. The lowest BCUT2D eigenvalue weighted by molar-refractivity contribution is 0.403. The Hall–Kier alpha value is -0.470. The summed E-state index contributed by atoms with van der Waals surface area (Å²) in [5.41, 5.74) is 0.841. The Labute approximate surface area is 87.9 Å². The number of rotatable bonds is 1. The summed E-state index contributed by atoms with van der Waals surface area (Å²) in [5, 5.41) is -0.0364. The molecule has 0 spiro atoms. The van der Waals surface area contributed by atoms with Crippen LogP contribution in [0.1, 0.15) is 6.42 Å². The van der Waals surface area contributed by atoms with Gasteiger partial charge < -0.3 is 4.74 Å². The Balaban J connectivity index is 2.93. The van der Waals surface area contributed by atoms with Crippen molar-refractivity contribution >= 4 is 29.1 Å². The molecule has 4 heteroatoms. The van der Waals surface area contributed by atoms with Gasteiger partial charge in [-0.05, 0) is 6.42 Å². The normalized spacial score (nSPS) is 33.3. The van der Waals surface area contributed by atoms with Gasteiger partial charge in [-0.25, -0.2) is 4.99 Å². The first-order valence-corrected chi connectivity index (χ1v) is 4.93. The van der Waals surface area contributed by atoms with E-state index in [-0.39, 0.29) is 5.38 Å². The summed E-state index contributed by atoms with van der Waals surface area (Å²) in [6.07, 6.45) is 6.23. The lowest BCUT2D eigenvalue weighted by Crippen LogP contribution is -2.10. The predicted molar refractivity (Wildman–Crippen MR) is 56.6 cm³/mol. The largest absolute Gasteiger partial charge is 0.481 e. The molecular weight excluding hydrogens is 209 g/mol. The third kappa shape index (κ3) is 3.05. The van der Waals surface area contributed by atoms with Crippen LogP contribution in [-0.4, -0.2) is 24.3 Å². The maximum absolute atomic E-state index is 5.99. The van der Waals surface area contributed by atoms with Gasteiger partial charge in [-0.2, -0.15) is 0 Å². The van der Waals surface area contributed by atoms with Crippen LogP contribution >= 0.6 is 23.2 Å². The van der Waals surface area contributed by atoms with Gasteiger partial charge in [0.25, 0.3) is 0 Å². The van der Waals surface area contributed by atoms with E-state index in [0.717, 1.165) is 12.0 Å². The van der Waals surface area contributed by atoms with Gasteiger partial charge in [-0.3, -0.25) is 0 Å². The van der Waals surface area contributed by atoms with E-state index in [9.17, 15) is 0 Å². The minimum atomic E-state index is -0.0364. The van der Waals surface area contributed by atoms with Crippen LogP contribution < -0.4 is 0 Å². The number of hydrogen-bond acceptors (Lipinski definition) is 2. The van der Waals surface area contributed by atoms with Crippen LogP contribution in [-0.2, 0) is 4.74 Å². The monoisotopic (exact) mass is 219 g/mol. The predicted octanol–water partition coefficient (Wildman–Crippen LogP) is 2.72. The van der Waals surface area contributed by atoms with Gasteiger partial charge >= 0.3 is 0 Å². The molecule has 0 aliphatic carbocycles. The molecule has 1 heterocycles. The standard InChI is InChI=1S/C9H11Cl2NO/c1-13-9-7(6-10)5-8(11)3-2-4-12-9/h2,4-5,8H,3,6H2,1H3/b4-2+,7-5-,12-9+. The zero-order valence-electron chi connectivity index (χ0n) is 7.34. The summed E-state index contributed by atoms with van der Waals surface area (Å²) in [7, 11) is 1.57. The quantitative estimate of drug-likeness (QED) is 0.622. The smallest absolute Gasteiger partial charge is 0.217 e. The Bertz CT molecular complexity index is 258. The fourth-order valence-electron chi connectivity index (χ4n) is 1.04. The van der Waals surface area contributed by atoms with Crippen LogP contribution in [0.5, 0.6) is 0 Å². The first-order chi connectivity index (χ1) is 6.27. The third-order valence-corrected chi connectivity index (χ3v) is 2.24. The molecule has 0 fully saturated rings. The molecule has 1 rings (SSSR count). The van der Waals surface area contributed by atoms with Crippen molar-refractivity contribution in [3.05, 3.63) is 23.9 Å². The van der Waals surface area contributed by atoms with Crippen LogP contribution in [0.15, 0.2) is 28.9 Å². The summed E-state index contributed by atoms with van der Waals surface area (Å²) in [4.78, 5) is 4.09. The fraction of sp³-hybridized carbons (Fsp3) is 0.444. The Morgan fingerprint density at radius 3 is 3.08 bits per heavy atom. The lowest BCUT2D eigenvalue weighted by Gasteiger charge is -2.10. The van der Waals surface area contributed by atoms with Crippen LogP contribution in [0.2, 0.25) is 0 Å². The molecule has 1 aliphatic heterocycles. The van der Waals surface area contributed by atoms with E-state index in [0.29, 0.717) is 11.8 Å². The maximum Gasteiger partial charge on any atom is 0.217 e. The first-order valence-electron chi connectivity index (χ1n) is 3.96. The topological polar surface area (TPSA) is 21.6 Å². The molecule has 0 amide bonds. The molecule has 13 heavy (non-hydrogen) atoms. The average molecular weight is 220 g/mol. The van der Waals surface area contributed by atoms with E-state index < -0.39 is 0 Å². The zero-order chi connectivity index (χ0) is 9.68. The van der Waals surface area contributed by atoms with Gasteiger partial charge in [0.2, 0.25) is 5.90 Å². The van der Waals surface area contributed by atoms with Crippen LogP contribution in [0, 0.1) is 0 Å². The van der Waals surface area contributed by atoms with Crippen molar-refractivity contribution in [2.24, 2.45) is 4.99 Å². The SMILES string of the molecule is COC1=N/C=C/CC(Cl)/C=C\1CCl. The number of methoxy groups -OCH3 is 1. The summed E-state index contributed by atoms with van der Waals surface area (Å²) < 4.78 is 5.07. The van der Waals surface area contributed by atoms with Gasteiger partial charge in [0.05, 0.1) is 18.4 Å². The number of ether oxygens (including phenoxy) is 1. The van der Waals surface area contributed by atoms with Crippen molar-refractivity contribution in [3.8, 4) is 0 Å². The van der Waals surface area contributed by atoms with Crippen LogP contribution in [0.4, 0.5) is 0 Å². The van der Waals surface area contributed by atoms with E-state index in [1.54, 1.807) is 13.3 Å². The summed E-state index contributed by atoms with van der Waals surface area (Å²) in [6.45, 7) is 0. The van der Waals surface area contributed by atoms with Gasteiger partial charge in [0.15, 0.2) is 0 Å².